The first kappa shape index (κ1) is 13.5. The zero-order valence-electron chi connectivity index (χ0n) is 10.6. The maximum absolute atomic E-state index is 13.3. The lowest BCUT2D eigenvalue weighted by molar-refractivity contribution is -0.0221. The Bertz CT molecular complexity index is 652. The number of hydrogen-bond donors (Lipinski definition) is 1. The highest BCUT2D eigenvalue weighted by atomic mass is 79.9. The van der Waals surface area contributed by atoms with E-state index in [0.717, 1.165) is 5.39 Å². The molecule has 0 saturated carbocycles. The van der Waals surface area contributed by atoms with E-state index in [-0.39, 0.29) is 25.9 Å². The summed E-state index contributed by atoms with van der Waals surface area (Å²) in [7, 11) is 0. The number of halogens is 3. The maximum Gasteiger partial charge on any atom is 0.251 e. The van der Waals surface area contributed by atoms with Crippen LogP contribution in [0.3, 0.4) is 0 Å². The van der Waals surface area contributed by atoms with Crippen molar-refractivity contribution in [2.45, 2.75) is 18.8 Å². The van der Waals surface area contributed by atoms with E-state index in [9.17, 15) is 8.78 Å². The fraction of sp³-hybridized carbons (Fsp3) is 0.385. The minimum atomic E-state index is -2.58. The molecule has 106 valence electrons. The van der Waals surface area contributed by atoms with Gasteiger partial charge in [0.1, 0.15) is 15.9 Å². The van der Waals surface area contributed by atoms with Gasteiger partial charge in [-0.2, -0.15) is 0 Å². The normalized spacial score (nSPS) is 18.4. The lowest BCUT2D eigenvalue weighted by atomic mass is 10.1. The van der Waals surface area contributed by atoms with Crippen molar-refractivity contribution in [2.24, 2.45) is 0 Å². The lowest BCUT2D eigenvalue weighted by Crippen LogP contribution is -2.40. The average molecular weight is 343 g/mol. The Morgan fingerprint density at radius 3 is 2.60 bits per heavy atom. The summed E-state index contributed by atoms with van der Waals surface area (Å²) < 4.78 is 27.2. The third-order valence-corrected chi connectivity index (χ3v) is 3.88. The van der Waals surface area contributed by atoms with E-state index >= 15 is 0 Å². The van der Waals surface area contributed by atoms with Gasteiger partial charge in [0.15, 0.2) is 5.82 Å². The van der Waals surface area contributed by atoms with E-state index in [1.54, 1.807) is 6.07 Å². The molecule has 1 fully saturated rings. The van der Waals surface area contributed by atoms with Crippen LogP contribution in [0.15, 0.2) is 22.8 Å². The molecule has 1 aliphatic heterocycles. The van der Waals surface area contributed by atoms with Crippen molar-refractivity contribution in [1.29, 1.82) is 0 Å². The highest BCUT2D eigenvalue weighted by Gasteiger charge is 2.35. The first-order valence-corrected chi connectivity index (χ1v) is 7.09. The van der Waals surface area contributed by atoms with Crippen LogP contribution in [0.25, 0.3) is 10.9 Å². The second-order valence-corrected chi connectivity index (χ2v) is 5.73. The van der Waals surface area contributed by atoms with Gasteiger partial charge in [0.2, 0.25) is 0 Å². The number of nitrogens with two attached hydrogens (primary N) is 1. The SMILES string of the molecule is Nc1cc2ccc(Br)nc2c(N2CCC(F)(F)CC2)n1. The van der Waals surface area contributed by atoms with E-state index in [4.69, 9.17) is 5.73 Å². The molecule has 7 heteroatoms. The van der Waals surface area contributed by atoms with E-state index in [0.29, 0.717) is 21.8 Å². The molecule has 0 radical (unpaired) electrons. The van der Waals surface area contributed by atoms with Crippen LogP contribution in [0.5, 0.6) is 0 Å². The van der Waals surface area contributed by atoms with Crippen LogP contribution in [0, 0.1) is 0 Å². The van der Waals surface area contributed by atoms with E-state index in [2.05, 4.69) is 25.9 Å². The number of nitrogens with zero attached hydrogens (tertiary/aromatic N) is 3. The van der Waals surface area contributed by atoms with Crippen LogP contribution < -0.4 is 10.6 Å². The average Bonchev–Trinajstić information content (AvgIpc) is 2.39. The molecule has 1 saturated heterocycles. The maximum atomic E-state index is 13.3. The van der Waals surface area contributed by atoms with Gasteiger partial charge in [0.05, 0.1) is 0 Å². The Morgan fingerprint density at radius 2 is 1.90 bits per heavy atom. The number of alkyl halides is 2. The molecule has 0 aliphatic carbocycles. The fourth-order valence-corrected chi connectivity index (χ4v) is 2.68. The Hall–Kier alpha value is -1.50. The second kappa shape index (κ2) is 4.80. The number of hydrogen-bond acceptors (Lipinski definition) is 4. The molecule has 2 N–H and O–H groups in total. The fourth-order valence-electron chi connectivity index (χ4n) is 2.37. The van der Waals surface area contributed by atoms with Gasteiger partial charge in [0, 0.05) is 31.3 Å². The number of anilines is 2. The van der Waals surface area contributed by atoms with Crippen LogP contribution in [-0.4, -0.2) is 29.0 Å². The number of pyridine rings is 2. The summed E-state index contributed by atoms with van der Waals surface area (Å²) in [5.41, 5.74) is 6.48. The summed E-state index contributed by atoms with van der Waals surface area (Å²) in [6, 6.07) is 5.43. The Labute approximate surface area is 123 Å². The van der Waals surface area contributed by atoms with Crippen molar-refractivity contribution in [1.82, 2.24) is 9.97 Å². The van der Waals surface area contributed by atoms with Crippen molar-refractivity contribution < 1.29 is 8.78 Å². The Kier molecular flexibility index (Phi) is 3.24. The van der Waals surface area contributed by atoms with Crippen molar-refractivity contribution in [3.05, 3.63) is 22.8 Å². The van der Waals surface area contributed by atoms with Crippen molar-refractivity contribution >= 4 is 38.5 Å². The molecule has 0 atom stereocenters. The first-order valence-electron chi connectivity index (χ1n) is 6.30. The van der Waals surface area contributed by atoms with Crippen molar-refractivity contribution in [3.63, 3.8) is 0 Å². The first-order chi connectivity index (χ1) is 9.44. The quantitative estimate of drug-likeness (QED) is 0.808. The Balaban J connectivity index is 2.04. The van der Waals surface area contributed by atoms with Gasteiger partial charge >= 0.3 is 0 Å². The summed E-state index contributed by atoms with van der Waals surface area (Å²) in [5.74, 6) is -1.63. The lowest BCUT2D eigenvalue weighted by Gasteiger charge is -2.33. The topological polar surface area (TPSA) is 55.0 Å². The summed E-state index contributed by atoms with van der Waals surface area (Å²) in [4.78, 5) is 10.5. The van der Waals surface area contributed by atoms with Crippen LogP contribution in [0.1, 0.15) is 12.8 Å². The molecule has 0 spiro atoms. The summed E-state index contributed by atoms with van der Waals surface area (Å²) >= 11 is 3.32. The third kappa shape index (κ3) is 2.54. The zero-order chi connectivity index (χ0) is 14.3. The standard InChI is InChI=1S/C13H13BrF2N4/c14-9-2-1-8-7-10(17)19-12(11(8)18-9)20-5-3-13(15,16)4-6-20/h1-2,7H,3-6H2,(H2,17,19). The molecule has 1 aliphatic rings. The molecule has 0 aromatic carbocycles. The third-order valence-electron chi connectivity index (χ3n) is 3.44. The molecule has 0 amide bonds. The van der Waals surface area contributed by atoms with E-state index in [1.165, 1.54) is 0 Å². The van der Waals surface area contributed by atoms with Gasteiger partial charge in [-0.15, -0.1) is 0 Å². The Morgan fingerprint density at radius 1 is 1.20 bits per heavy atom. The predicted molar refractivity (Wildman–Crippen MR) is 78.0 cm³/mol. The van der Waals surface area contributed by atoms with E-state index < -0.39 is 5.92 Å². The zero-order valence-corrected chi connectivity index (χ0v) is 12.2. The number of fused-ring (bicyclic) bond motifs is 1. The second-order valence-electron chi connectivity index (χ2n) is 4.92. The molecule has 3 rings (SSSR count). The number of aromatic nitrogens is 2. The van der Waals surface area contributed by atoms with Crippen LogP contribution >= 0.6 is 15.9 Å². The van der Waals surface area contributed by atoms with Gasteiger partial charge in [-0.05, 0) is 34.1 Å². The van der Waals surface area contributed by atoms with Gasteiger partial charge in [0.25, 0.3) is 5.92 Å². The molecule has 0 bridgehead atoms. The minimum absolute atomic E-state index is 0.168. The molecule has 0 unspecified atom stereocenters. The molecular formula is C13H13BrF2N4. The number of nitrogen functional groups attached to an aromatic ring is 1. The summed E-state index contributed by atoms with van der Waals surface area (Å²) in [6.07, 6.45) is -0.335. The highest BCUT2D eigenvalue weighted by molar-refractivity contribution is 9.10. The molecule has 20 heavy (non-hydrogen) atoms. The van der Waals surface area contributed by atoms with Crippen LogP contribution in [0.4, 0.5) is 20.4 Å². The molecule has 2 aromatic rings. The monoisotopic (exact) mass is 342 g/mol. The summed E-state index contributed by atoms with van der Waals surface area (Å²) in [5, 5.41) is 0.855. The molecule has 3 heterocycles. The van der Waals surface area contributed by atoms with Gasteiger partial charge in [-0.3, -0.25) is 0 Å². The largest absolute Gasteiger partial charge is 0.384 e. The number of piperidine rings is 1. The van der Waals surface area contributed by atoms with Crippen molar-refractivity contribution in [3.8, 4) is 0 Å². The number of rotatable bonds is 1. The molecule has 2 aromatic heterocycles. The summed E-state index contributed by atoms with van der Waals surface area (Å²) in [6.45, 7) is 0.513. The van der Waals surface area contributed by atoms with Gasteiger partial charge in [-0.1, -0.05) is 0 Å². The molecular weight excluding hydrogens is 330 g/mol. The van der Waals surface area contributed by atoms with Crippen LogP contribution in [-0.2, 0) is 0 Å². The van der Waals surface area contributed by atoms with E-state index in [1.807, 2.05) is 17.0 Å². The highest BCUT2D eigenvalue weighted by Crippen LogP contribution is 2.33. The van der Waals surface area contributed by atoms with Gasteiger partial charge < -0.3 is 10.6 Å². The van der Waals surface area contributed by atoms with Crippen LogP contribution in [0.2, 0.25) is 0 Å². The smallest absolute Gasteiger partial charge is 0.251 e. The molecule has 4 nitrogen and oxygen atoms in total. The van der Waals surface area contributed by atoms with Crippen molar-refractivity contribution in [2.75, 3.05) is 23.7 Å². The minimum Gasteiger partial charge on any atom is -0.384 e. The van der Waals surface area contributed by atoms with Gasteiger partial charge in [-0.25, -0.2) is 18.7 Å². The predicted octanol–water partition coefficient (Wildman–Crippen LogP) is 3.21.